The quantitative estimate of drug-likeness (QED) is 0.719. The normalized spacial score (nSPS) is 14.0. The van der Waals surface area contributed by atoms with Gasteiger partial charge in [0, 0.05) is 29.9 Å². The molecule has 0 spiro atoms. The van der Waals surface area contributed by atoms with Crippen LogP contribution in [0.2, 0.25) is 0 Å². The first-order valence-electron chi connectivity index (χ1n) is 8.16. The van der Waals surface area contributed by atoms with Gasteiger partial charge in [0.15, 0.2) is 4.96 Å². The van der Waals surface area contributed by atoms with Crippen molar-refractivity contribution in [2.45, 2.75) is 25.8 Å². The Bertz CT molecular complexity index is 822. The average molecular weight is 341 g/mol. The molecule has 6 heteroatoms. The molecule has 0 aliphatic heterocycles. The van der Waals surface area contributed by atoms with Crippen LogP contribution in [0, 0.1) is 5.92 Å². The average Bonchev–Trinajstić information content (AvgIpc) is 3.19. The molecule has 0 radical (unpaired) electrons. The Morgan fingerprint density at radius 3 is 3.08 bits per heavy atom. The lowest BCUT2D eigenvalue weighted by molar-refractivity contribution is -0.120. The number of benzene rings is 1. The van der Waals surface area contributed by atoms with E-state index in [2.05, 4.69) is 10.3 Å². The summed E-state index contributed by atoms with van der Waals surface area (Å²) in [6, 6.07) is 7.89. The predicted octanol–water partition coefficient (Wildman–Crippen LogP) is 3.04. The van der Waals surface area contributed by atoms with E-state index in [-0.39, 0.29) is 5.91 Å². The number of thiazole rings is 1. The first kappa shape index (κ1) is 15.2. The summed E-state index contributed by atoms with van der Waals surface area (Å²) in [7, 11) is 0. The molecule has 1 aliphatic carbocycles. The largest absolute Gasteiger partial charge is 0.493 e. The Kier molecular flexibility index (Phi) is 4.21. The Morgan fingerprint density at radius 1 is 1.38 bits per heavy atom. The van der Waals surface area contributed by atoms with Crippen molar-refractivity contribution < 1.29 is 9.53 Å². The summed E-state index contributed by atoms with van der Waals surface area (Å²) in [5, 5.41) is 4.94. The fourth-order valence-corrected chi connectivity index (χ4v) is 3.28. The van der Waals surface area contributed by atoms with Gasteiger partial charge < -0.3 is 10.1 Å². The zero-order valence-electron chi connectivity index (χ0n) is 13.3. The number of rotatable bonds is 7. The van der Waals surface area contributed by atoms with E-state index in [1.54, 1.807) is 11.3 Å². The highest BCUT2D eigenvalue weighted by Gasteiger charge is 2.22. The van der Waals surface area contributed by atoms with Crippen LogP contribution in [0.5, 0.6) is 5.75 Å². The standard InChI is InChI=1S/C18H19N3O2S/c22-17(9-15-11-21-7-8-24-18(21)20-15)19-10-14-3-1-2-4-16(14)23-12-13-5-6-13/h1-4,7-8,11,13H,5-6,9-10,12H2,(H,19,22). The zero-order chi connectivity index (χ0) is 16.4. The third kappa shape index (κ3) is 3.59. The number of nitrogens with one attached hydrogen (secondary N) is 1. The van der Waals surface area contributed by atoms with Gasteiger partial charge in [-0.25, -0.2) is 4.98 Å². The lowest BCUT2D eigenvalue weighted by Gasteiger charge is -2.11. The lowest BCUT2D eigenvalue weighted by Crippen LogP contribution is -2.25. The van der Waals surface area contributed by atoms with Gasteiger partial charge in [0.2, 0.25) is 5.91 Å². The summed E-state index contributed by atoms with van der Waals surface area (Å²) in [6.45, 7) is 1.25. The highest BCUT2D eigenvalue weighted by molar-refractivity contribution is 7.15. The third-order valence-electron chi connectivity index (χ3n) is 4.10. The van der Waals surface area contributed by atoms with Gasteiger partial charge in [0.1, 0.15) is 5.75 Å². The molecular formula is C18H19N3O2S. The number of para-hydroxylation sites is 1. The van der Waals surface area contributed by atoms with E-state index in [9.17, 15) is 4.79 Å². The minimum atomic E-state index is -0.0299. The summed E-state index contributed by atoms with van der Waals surface area (Å²) < 4.78 is 7.81. The molecule has 1 fully saturated rings. The molecule has 0 saturated heterocycles. The van der Waals surface area contributed by atoms with Crippen LogP contribution in [0.4, 0.5) is 0 Å². The van der Waals surface area contributed by atoms with E-state index in [4.69, 9.17) is 4.74 Å². The second-order valence-electron chi connectivity index (χ2n) is 6.14. The molecule has 1 aliphatic rings. The monoisotopic (exact) mass is 341 g/mol. The Morgan fingerprint density at radius 2 is 2.25 bits per heavy atom. The molecule has 4 rings (SSSR count). The smallest absolute Gasteiger partial charge is 0.226 e. The number of imidazole rings is 1. The van der Waals surface area contributed by atoms with Crippen molar-refractivity contribution in [1.29, 1.82) is 0 Å². The third-order valence-corrected chi connectivity index (χ3v) is 4.88. The highest BCUT2D eigenvalue weighted by Crippen LogP contribution is 2.30. The minimum absolute atomic E-state index is 0.0299. The van der Waals surface area contributed by atoms with Crippen molar-refractivity contribution >= 4 is 22.2 Å². The van der Waals surface area contributed by atoms with Gasteiger partial charge in [0.25, 0.3) is 0 Å². The Hall–Kier alpha value is -2.34. The van der Waals surface area contributed by atoms with Crippen LogP contribution in [0.3, 0.4) is 0 Å². The Labute approximate surface area is 144 Å². The first-order chi connectivity index (χ1) is 11.8. The fourth-order valence-electron chi connectivity index (χ4n) is 2.56. The molecule has 1 saturated carbocycles. The van der Waals surface area contributed by atoms with Crippen molar-refractivity contribution in [3.8, 4) is 5.75 Å². The van der Waals surface area contributed by atoms with Crippen molar-refractivity contribution in [1.82, 2.24) is 14.7 Å². The molecular weight excluding hydrogens is 322 g/mol. The number of hydrogen-bond donors (Lipinski definition) is 1. The molecule has 0 atom stereocenters. The fraction of sp³-hybridized carbons (Fsp3) is 0.333. The van der Waals surface area contributed by atoms with Crippen LogP contribution < -0.4 is 10.1 Å². The summed E-state index contributed by atoms with van der Waals surface area (Å²) in [5.41, 5.74) is 1.80. The van der Waals surface area contributed by atoms with E-state index in [1.165, 1.54) is 12.8 Å². The molecule has 124 valence electrons. The molecule has 2 heterocycles. The number of hydrogen-bond acceptors (Lipinski definition) is 4. The molecule has 3 aromatic rings. The Balaban J connectivity index is 1.33. The minimum Gasteiger partial charge on any atom is -0.493 e. The topological polar surface area (TPSA) is 55.6 Å². The molecule has 1 amide bonds. The van der Waals surface area contributed by atoms with Gasteiger partial charge in [-0.3, -0.25) is 9.20 Å². The van der Waals surface area contributed by atoms with Crippen LogP contribution in [0.15, 0.2) is 42.0 Å². The number of aromatic nitrogens is 2. The molecule has 1 N–H and O–H groups in total. The van der Waals surface area contributed by atoms with Crippen LogP contribution in [0.25, 0.3) is 4.96 Å². The predicted molar refractivity (Wildman–Crippen MR) is 93.3 cm³/mol. The number of nitrogens with zero attached hydrogens (tertiary/aromatic N) is 2. The van der Waals surface area contributed by atoms with Crippen LogP contribution in [-0.4, -0.2) is 21.9 Å². The van der Waals surface area contributed by atoms with Gasteiger partial charge in [0.05, 0.1) is 18.7 Å². The molecule has 5 nitrogen and oxygen atoms in total. The van der Waals surface area contributed by atoms with Gasteiger partial charge in [-0.2, -0.15) is 0 Å². The first-order valence-corrected chi connectivity index (χ1v) is 9.04. The van der Waals surface area contributed by atoms with Crippen LogP contribution in [0.1, 0.15) is 24.1 Å². The SMILES string of the molecule is O=C(Cc1cn2ccsc2n1)NCc1ccccc1OCC1CC1. The molecule has 0 bridgehead atoms. The van der Waals surface area contributed by atoms with Crippen molar-refractivity contribution in [2.75, 3.05) is 6.61 Å². The highest BCUT2D eigenvalue weighted by atomic mass is 32.1. The molecule has 0 unspecified atom stereocenters. The maximum absolute atomic E-state index is 12.2. The number of fused-ring (bicyclic) bond motifs is 1. The second kappa shape index (κ2) is 6.65. The maximum Gasteiger partial charge on any atom is 0.226 e. The van der Waals surface area contributed by atoms with Crippen molar-refractivity contribution in [2.24, 2.45) is 5.92 Å². The van der Waals surface area contributed by atoms with Crippen LogP contribution in [-0.2, 0) is 17.8 Å². The summed E-state index contributed by atoms with van der Waals surface area (Å²) in [6.07, 6.45) is 6.67. The zero-order valence-corrected chi connectivity index (χ0v) is 14.1. The number of amides is 1. The second-order valence-corrected chi connectivity index (χ2v) is 7.01. The number of carbonyl (C=O) groups is 1. The van der Waals surface area contributed by atoms with Crippen molar-refractivity contribution in [3.63, 3.8) is 0 Å². The lowest BCUT2D eigenvalue weighted by atomic mass is 10.2. The van der Waals surface area contributed by atoms with Crippen LogP contribution >= 0.6 is 11.3 Å². The van der Waals surface area contributed by atoms with E-state index in [0.717, 1.165) is 28.6 Å². The molecule has 2 aromatic heterocycles. The van der Waals surface area contributed by atoms with E-state index in [0.29, 0.717) is 18.9 Å². The van der Waals surface area contributed by atoms with Crippen molar-refractivity contribution in [3.05, 3.63) is 53.3 Å². The van der Waals surface area contributed by atoms with Gasteiger partial charge in [-0.1, -0.05) is 18.2 Å². The molecule has 24 heavy (non-hydrogen) atoms. The summed E-state index contributed by atoms with van der Waals surface area (Å²) in [5.74, 6) is 1.55. The number of carbonyl (C=O) groups excluding carboxylic acids is 1. The van der Waals surface area contributed by atoms with E-state index < -0.39 is 0 Å². The summed E-state index contributed by atoms with van der Waals surface area (Å²) in [4.78, 5) is 17.5. The van der Waals surface area contributed by atoms with E-state index >= 15 is 0 Å². The maximum atomic E-state index is 12.2. The molecule has 1 aromatic carbocycles. The van der Waals surface area contributed by atoms with Gasteiger partial charge >= 0.3 is 0 Å². The number of ether oxygens (including phenoxy) is 1. The summed E-state index contributed by atoms with van der Waals surface area (Å²) >= 11 is 1.56. The van der Waals surface area contributed by atoms with Gasteiger partial charge in [-0.15, -0.1) is 11.3 Å². The van der Waals surface area contributed by atoms with Gasteiger partial charge in [-0.05, 0) is 24.8 Å². The van der Waals surface area contributed by atoms with E-state index in [1.807, 2.05) is 46.4 Å².